The van der Waals surface area contributed by atoms with Crippen LogP contribution in [0.15, 0.2) is 30.3 Å². The summed E-state index contributed by atoms with van der Waals surface area (Å²) in [6.07, 6.45) is 0.393. The SMILES string of the molecule is COc1cc2c(cc1OCC(C)C)OC(CCO)c1cc(C(C)C)ccc1-2. The van der Waals surface area contributed by atoms with E-state index >= 15 is 0 Å². The van der Waals surface area contributed by atoms with Crippen LogP contribution in [0.25, 0.3) is 11.1 Å². The Hall–Kier alpha value is -2.20. The molecule has 1 atom stereocenters. The Labute approximate surface area is 162 Å². The second-order valence-corrected chi connectivity index (χ2v) is 7.82. The van der Waals surface area contributed by atoms with Crippen molar-refractivity contribution in [3.63, 3.8) is 0 Å². The predicted molar refractivity (Wildman–Crippen MR) is 108 cm³/mol. The van der Waals surface area contributed by atoms with E-state index in [4.69, 9.17) is 14.2 Å². The zero-order chi connectivity index (χ0) is 19.6. The fourth-order valence-electron chi connectivity index (χ4n) is 3.38. The summed E-state index contributed by atoms with van der Waals surface area (Å²) in [4.78, 5) is 0. The quantitative estimate of drug-likeness (QED) is 0.715. The first-order valence-corrected chi connectivity index (χ1v) is 9.71. The van der Waals surface area contributed by atoms with E-state index in [9.17, 15) is 5.11 Å². The molecule has 3 rings (SSSR count). The van der Waals surface area contributed by atoms with E-state index in [1.54, 1.807) is 7.11 Å². The van der Waals surface area contributed by atoms with Crippen LogP contribution >= 0.6 is 0 Å². The van der Waals surface area contributed by atoms with Gasteiger partial charge in [0.25, 0.3) is 0 Å². The lowest BCUT2D eigenvalue weighted by molar-refractivity contribution is 0.152. The maximum Gasteiger partial charge on any atom is 0.164 e. The molecular weight excluding hydrogens is 340 g/mol. The number of fused-ring (bicyclic) bond motifs is 3. The number of methoxy groups -OCH3 is 1. The third-order valence-corrected chi connectivity index (χ3v) is 4.88. The molecule has 0 aliphatic carbocycles. The van der Waals surface area contributed by atoms with Gasteiger partial charge in [-0.15, -0.1) is 0 Å². The lowest BCUT2D eigenvalue weighted by Gasteiger charge is -2.30. The number of rotatable bonds is 7. The molecule has 1 heterocycles. The highest BCUT2D eigenvalue weighted by Gasteiger charge is 2.28. The molecule has 4 heteroatoms. The van der Waals surface area contributed by atoms with E-state index in [0.717, 1.165) is 22.4 Å². The minimum Gasteiger partial charge on any atom is -0.493 e. The summed E-state index contributed by atoms with van der Waals surface area (Å²) in [5, 5.41) is 9.53. The van der Waals surface area contributed by atoms with Gasteiger partial charge >= 0.3 is 0 Å². The van der Waals surface area contributed by atoms with Crippen molar-refractivity contribution < 1.29 is 19.3 Å². The predicted octanol–water partition coefficient (Wildman–Crippen LogP) is 5.34. The second kappa shape index (κ2) is 8.22. The monoisotopic (exact) mass is 370 g/mol. The maximum atomic E-state index is 9.53. The highest BCUT2D eigenvalue weighted by Crippen LogP contribution is 2.48. The van der Waals surface area contributed by atoms with Crippen LogP contribution in [0.1, 0.15) is 57.3 Å². The average Bonchev–Trinajstić information content (AvgIpc) is 2.65. The largest absolute Gasteiger partial charge is 0.493 e. The van der Waals surface area contributed by atoms with E-state index in [2.05, 4.69) is 45.9 Å². The molecule has 4 nitrogen and oxygen atoms in total. The van der Waals surface area contributed by atoms with Crippen LogP contribution in [0.5, 0.6) is 17.2 Å². The fourth-order valence-corrected chi connectivity index (χ4v) is 3.38. The second-order valence-electron chi connectivity index (χ2n) is 7.82. The summed E-state index contributed by atoms with van der Waals surface area (Å²) >= 11 is 0. The van der Waals surface area contributed by atoms with Crippen molar-refractivity contribution in [2.45, 2.75) is 46.1 Å². The van der Waals surface area contributed by atoms with Crippen LogP contribution in [0.2, 0.25) is 0 Å². The number of hydrogen-bond acceptors (Lipinski definition) is 4. The molecule has 1 unspecified atom stereocenters. The summed E-state index contributed by atoms with van der Waals surface area (Å²) < 4.78 is 17.8. The van der Waals surface area contributed by atoms with Crippen molar-refractivity contribution in [2.24, 2.45) is 5.92 Å². The maximum absolute atomic E-state index is 9.53. The minimum absolute atomic E-state index is 0.0816. The van der Waals surface area contributed by atoms with Gasteiger partial charge in [0, 0.05) is 30.2 Å². The van der Waals surface area contributed by atoms with Crippen LogP contribution in [-0.4, -0.2) is 25.4 Å². The van der Waals surface area contributed by atoms with E-state index in [0.29, 0.717) is 36.4 Å². The van der Waals surface area contributed by atoms with Gasteiger partial charge in [0.05, 0.1) is 13.7 Å². The number of aliphatic hydroxyl groups is 1. The Morgan fingerprint density at radius 2 is 1.81 bits per heavy atom. The highest BCUT2D eigenvalue weighted by molar-refractivity contribution is 5.79. The van der Waals surface area contributed by atoms with Gasteiger partial charge in [-0.3, -0.25) is 0 Å². The number of ether oxygens (including phenoxy) is 3. The molecule has 0 spiro atoms. The molecule has 0 amide bonds. The Bertz CT molecular complexity index is 795. The van der Waals surface area contributed by atoms with E-state index in [1.807, 2.05) is 12.1 Å². The molecule has 0 saturated carbocycles. The molecule has 1 aliphatic heterocycles. The number of benzene rings is 2. The molecule has 0 bridgehead atoms. The summed E-state index contributed by atoms with van der Waals surface area (Å²) in [6.45, 7) is 9.29. The molecule has 2 aromatic rings. The van der Waals surface area contributed by atoms with Gasteiger partial charge in [0.15, 0.2) is 11.5 Å². The highest BCUT2D eigenvalue weighted by atomic mass is 16.5. The van der Waals surface area contributed by atoms with Gasteiger partial charge in [0.2, 0.25) is 0 Å². The summed E-state index contributed by atoms with van der Waals surface area (Å²) in [6, 6.07) is 10.4. The Morgan fingerprint density at radius 3 is 2.44 bits per heavy atom. The normalized spacial score (nSPS) is 15.3. The van der Waals surface area contributed by atoms with Crippen molar-refractivity contribution in [3.8, 4) is 28.4 Å². The van der Waals surface area contributed by atoms with Gasteiger partial charge < -0.3 is 19.3 Å². The average molecular weight is 370 g/mol. The van der Waals surface area contributed by atoms with Gasteiger partial charge in [0.1, 0.15) is 11.9 Å². The first kappa shape index (κ1) is 19.6. The van der Waals surface area contributed by atoms with Crippen molar-refractivity contribution in [3.05, 3.63) is 41.5 Å². The van der Waals surface area contributed by atoms with Crippen LogP contribution in [0.3, 0.4) is 0 Å². The summed E-state index contributed by atoms with van der Waals surface area (Å²) in [5.74, 6) is 3.03. The van der Waals surface area contributed by atoms with Crippen molar-refractivity contribution in [1.82, 2.24) is 0 Å². The standard InChI is InChI=1S/C23H30O4/c1-14(2)13-26-23-12-21-19(11-22(23)25-5)17-7-6-16(15(3)4)10-18(17)20(27-21)8-9-24/h6-7,10-12,14-15,20,24H,8-9,13H2,1-5H3. The van der Waals surface area contributed by atoms with E-state index in [-0.39, 0.29) is 12.7 Å². The molecule has 27 heavy (non-hydrogen) atoms. The van der Waals surface area contributed by atoms with Gasteiger partial charge in [-0.2, -0.15) is 0 Å². The van der Waals surface area contributed by atoms with Crippen LogP contribution < -0.4 is 14.2 Å². The van der Waals surface area contributed by atoms with Gasteiger partial charge in [-0.1, -0.05) is 45.9 Å². The summed E-state index contributed by atoms with van der Waals surface area (Å²) in [7, 11) is 1.66. The molecule has 146 valence electrons. The van der Waals surface area contributed by atoms with E-state index < -0.39 is 0 Å². The lowest BCUT2D eigenvalue weighted by Crippen LogP contribution is -2.16. The van der Waals surface area contributed by atoms with Crippen LogP contribution in [0.4, 0.5) is 0 Å². The molecule has 1 N–H and O–H groups in total. The molecule has 0 radical (unpaired) electrons. The fraction of sp³-hybridized carbons (Fsp3) is 0.478. The molecule has 2 aromatic carbocycles. The Kier molecular flexibility index (Phi) is 5.95. The molecular formula is C23H30O4. The first-order chi connectivity index (χ1) is 12.9. The zero-order valence-corrected chi connectivity index (χ0v) is 16.9. The van der Waals surface area contributed by atoms with Crippen molar-refractivity contribution in [1.29, 1.82) is 0 Å². The van der Waals surface area contributed by atoms with Crippen LogP contribution in [0, 0.1) is 5.92 Å². The molecule has 0 saturated heterocycles. The number of hydrogen-bond donors (Lipinski definition) is 1. The molecule has 0 fully saturated rings. The first-order valence-electron chi connectivity index (χ1n) is 9.71. The zero-order valence-electron chi connectivity index (χ0n) is 16.9. The summed E-state index contributed by atoms with van der Waals surface area (Å²) in [5.41, 5.74) is 4.53. The Morgan fingerprint density at radius 1 is 1.04 bits per heavy atom. The number of aliphatic hydroxyl groups excluding tert-OH is 1. The van der Waals surface area contributed by atoms with Gasteiger partial charge in [-0.25, -0.2) is 0 Å². The van der Waals surface area contributed by atoms with E-state index in [1.165, 1.54) is 5.56 Å². The smallest absolute Gasteiger partial charge is 0.164 e. The van der Waals surface area contributed by atoms with Crippen molar-refractivity contribution >= 4 is 0 Å². The third kappa shape index (κ3) is 4.06. The lowest BCUT2D eigenvalue weighted by atomic mass is 9.88. The van der Waals surface area contributed by atoms with Crippen LogP contribution in [-0.2, 0) is 0 Å². The third-order valence-electron chi connectivity index (χ3n) is 4.88. The molecule has 0 aromatic heterocycles. The minimum atomic E-state index is -0.164. The van der Waals surface area contributed by atoms with Gasteiger partial charge in [-0.05, 0) is 29.0 Å². The van der Waals surface area contributed by atoms with Crippen molar-refractivity contribution in [2.75, 3.05) is 20.3 Å². The molecule has 1 aliphatic rings. The topological polar surface area (TPSA) is 47.9 Å². The Balaban J connectivity index is 2.09.